The van der Waals surface area contributed by atoms with Crippen LogP contribution in [0, 0.1) is 94.4 Å². The van der Waals surface area contributed by atoms with Gasteiger partial charge in [0.2, 0.25) is 0 Å². The number of nitrogens with zero attached hydrogens (tertiary/aromatic N) is 4. The van der Waals surface area contributed by atoms with Crippen molar-refractivity contribution < 1.29 is 0 Å². The smallest absolute Gasteiger partial charge is 0.0993 e. The van der Waals surface area contributed by atoms with Crippen molar-refractivity contribution in [2.24, 2.45) is 0 Å². The highest BCUT2D eigenvalue weighted by atomic mass is 15.0. The molecule has 4 nitrogen and oxygen atoms in total. The Labute approximate surface area is 447 Å². The summed E-state index contributed by atoms with van der Waals surface area (Å²) in [6, 6.07) is 57.3. The van der Waals surface area contributed by atoms with Crippen LogP contribution in [0.25, 0.3) is 111 Å². The van der Waals surface area contributed by atoms with Crippen LogP contribution in [0.1, 0.15) is 72.3 Å². The molecule has 0 fully saturated rings. The first kappa shape index (κ1) is 48.2. The SMILES string of the molecule is Cc1cc(C)c(-c2ccc3c(c2)c2cc(-c4c(C)cc(C)cc4C)ccc2n3-c2cc(C#N)cc(-n3c4ccc(-c5c(C)cc(C)cc5C)cc4c4cc(-c5c(C)cc(C)cc5C)ccc43)c2-c2ccncc2)c(C)c1. The van der Waals surface area contributed by atoms with Crippen LogP contribution in [-0.2, 0) is 0 Å². The van der Waals surface area contributed by atoms with E-state index in [4.69, 9.17) is 0 Å². The molecule has 4 heteroatoms. The van der Waals surface area contributed by atoms with Crippen LogP contribution in [0.15, 0.2) is 158 Å². The van der Waals surface area contributed by atoms with Gasteiger partial charge in [0.05, 0.1) is 45.1 Å². The van der Waals surface area contributed by atoms with Crippen molar-refractivity contribution in [2.75, 3.05) is 0 Å². The van der Waals surface area contributed by atoms with Gasteiger partial charge in [0.1, 0.15) is 0 Å². The molecular formula is C72H62N4. The molecule has 0 bridgehead atoms. The quantitative estimate of drug-likeness (QED) is 0.160. The molecule has 0 spiro atoms. The van der Waals surface area contributed by atoms with Gasteiger partial charge in [-0.25, -0.2) is 0 Å². The molecule has 0 atom stereocenters. The lowest BCUT2D eigenvalue weighted by molar-refractivity contribution is 1.13. The Morgan fingerprint density at radius 2 is 0.566 bits per heavy atom. The average molecular weight is 983 g/mol. The van der Waals surface area contributed by atoms with Crippen molar-refractivity contribution in [1.82, 2.24) is 14.1 Å². The lowest BCUT2D eigenvalue weighted by Gasteiger charge is -2.21. The predicted molar refractivity (Wildman–Crippen MR) is 322 cm³/mol. The molecule has 12 aromatic rings. The van der Waals surface area contributed by atoms with E-state index < -0.39 is 0 Å². The summed E-state index contributed by atoms with van der Waals surface area (Å²) in [6.07, 6.45) is 3.76. The second-order valence-electron chi connectivity index (χ2n) is 21.9. The molecule has 0 radical (unpaired) electrons. The minimum atomic E-state index is 0.572. The summed E-state index contributed by atoms with van der Waals surface area (Å²) in [5, 5.41) is 15.9. The average Bonchev–Trinajstić information content (AvgIpc) is 4.01. The maximum Gasteiger partial charge on any atom is 0.0993 e. The minimum absolute atomic E-state index is 0.572. The summed E-state index contributed by atoms with van der Waals surface area (Å²) < 4.78 is 4.83. The van der Waals surface area contributed by atoms with E-state index in [0.29, 0.717) is 5.56 Å². The van der Waals surface area contributed by atoms with Crippen LogP contribution in [0.2, 0.25) is 0 Å². The Morgan fingerprint density at radius 1 is 0.303 bits per heavy atom. The van der Waals surface area contributed by atoms with E-state index >= 15 is 0 Å². The third-order valence-corrected chi connectivity index (χ3v) is 16.1. The molecule has 0 N–H and O–H groups in total. The fourth-order valence-corrected chi connectivity index (χ4v) is 13.6. The molecule has 12 rings (SSSR count). The van der Waals surface area contributed by atoms with E-state index in [9.17, 15) is 5.26 Å². The molecule has 0 aliphatic carbocycles. The van der Waals surface area contributed by atoms with Crippen molar-refractivity contribution in [2.45, 2.75) is 83.1 Å². The third-order valence-electron chi connectivity index (χ3n) is 16.1. The van der Waals surface area contributed by atoms with Crippen molar-refractivity contribution in [3.63, 3.8) is 0 Å². The van der Waals surface area contributed by atoms with Gasteiger partial charge in [-0.05, 0) is 250 Å². The van der Waals surface area contributed by atoms with Crippen LogP contribution < -0.4 is 0 Å². The lowest BCUT2D eigenvalue weighted by atomic mass is 9.91. The maximum absolute atomic E-state index is 11.3. The van der Waals surface area contributed by atoms with Crippen LogP contribution >= 0.6 is 0 Å². The van der Waals surface area contributed by atoms with E-state index in [2.05, 4.69) is 249 Å². The van der Waals surface area contributed by atoms with Gasteiger partial charge in [-0.3, -0.25) is 4.98 Å². The molecule has 0 saturated carbocycles. The van der Waals surface area contributed by atoms with Crippen molar-refractivity contribution in [3.05, 3.63) is 230 Å². The highest BCUT2D eigenvalue weighted by molar-refractivity contribution is 6.15. The zero-order chi connectivity index (χ0) is 53.0. The zero-order valence-corrected chi connectivity index (χ0v) is 45.8. The van der Waals surface area contributed by atoms with Crippen molar-refractivity contribution >= 4 is 43.6 Å². The second kappa shape index (κ2) is 18.3. The molecule has 0 unspecified atom stereocenters. The van der Waals surface area contributed by atoms with Crippen LogP contribution in [0.4, 0.5) is 0 Å². The number of hydrogen-bond acceptors (Lipinski definition) is 2. The van der Waals surface area contributed by atoms with Crippen LogP contribution in [0.3, 0.4) is 0 Å². The first-order valence-corrected chi connectivity index (χ1v) is 26.6. The van der Waals surface area contributed by atoms with Gasteiger partial charge in [-0.15, -0.1) is 0 Å². The standard InChI is InChI=1S/C72H62N4/c1-40-25-44(5)68(45(6)26-40)54-13-17-62-58(35-54)59-36-55(69-46(7)27-41(2)28-47(69)8)14-18-63(59)75(62)66-33-52(39-73)34-67(72(66)53-21-23-74-24-22-53)76-64-19-15-56(70-48(9)29-42(3)30-49(70)10)37-60(64)61-38-57(16-20-65(61)76)71-50(11)31-43(4)32-51(71)12/h13-38H,1-12H3. The van der Waals surface area contributed by atoms with Gasteiger partial charge in [-0.2, -0.15) is 5.26 Å². The maximum atomic E-state index is 11.3. The van der Waals surface area contributed by atoms with Gasteiger partial charge in [0.15, 0.2) is 0 Å². The largest absolute Gasteiger partial charge is 0.308 e. The van der Waals surface area contributed by atoms with Gasteiger partial charge >= 0.3 is 0 Å². The van der Waals surface area contributed by atoms with E-state index in [1.54, 1.807) is 0 Å². The highest BCUT2D eigenvalue weighted by Gasteiger charge is 2.26. The first-order chi connectivity index (χ1) is 36.6. The van der Waals surface area contributed by atoms with E-state index in [1.165, 1.54) is 111 Å². The Morgan fingerprint density at radius 3 is 0.816 bits per heavy atom. The summed E-state index contributed by atoms with van der Waals surface area (Å²) in [6.45, 7) is 26.5. The molecule has 9 aromatic carbocycles. The van der Waals surface area contributed by atoms with Crippen molar-refractivity contribution in [3.8, 4) is 73.1 Å². The number of benzene rings is 9. The molecule has 76 heavy (non-hydrogen) atoms. The number of pyridine rings is 1. The zero-order valence-electron chi connectivity index (χ0n) is 45.8. The molecule has 0 aliphatic rings. The highest BCUT2D eigenvalue weighted by Crippen LogP contribution is 2.46. The second-order valence-corrected chi connectivity index (χ2v) is 21.9. The molecule has 0 saturated heterocycles. The van der Waals surface area contributed by atoms with Crippen molar-refractivity contribution in [1.29, 1.82) is 5.26 Å². The molecular weight excluding hydrogens is 921 g/mol. The number of aryl methyl sites for hydroxylation is 12. The number of nitriles is 1. The lowest BCUT2D eigenvalue weighted by Crippen LogP contribution is -2.05. The number of hydrogen-bond donors (Lipinski definition) is 0. The topological polar surface area (TPSA) is 46.5 Å². The van der Waals surface area contributed by atoms with Crippen LogP contribution in [0.5, 0.6) is 0 Å². The Balaban J connectivity index is 1.20. The Kier molecular flexibility index (Phi) is 11.6. The minimum Gasteiger partial charge on any atom is -0.308 e. The molecule has 0 amide bonds. The van der Waals surface area contributed by atoms with Gasteiger partial charge in [0, 0.05) is 39.5 Å². The summed E-state index contributed by atoms with van der Waals surface area (Å²) in [5.41, 5.74) is 33.6. The van der Waals surface area contributed by atoms with Crippen LogP contribution in [-0.4, -0.2) is 14.1 Å². The van der Waals surface area contributed by atoms with E-state index in [1.807, 2.05) is 12.4 Å². The number of aromatic nitrogens is 3. The Bertz CT molecular complexity index is 3890. The normalized spacial score (nSPS) is 11.7. The molecule has 3 aromatic heterocycles. The van der Waals surface area contributed by atoms with Gasteiger partial charge < -0.3 is 9.13 Å². The molecule has 3 heterocycles. The Hall–Kier alpha value is -8.78. The third kappa shape index (κ3) is 7.84. The molecule has 370 valence electrons. The van der Waals surface area contributed by atoms with E-state index in [0.717, 1.165) is 66.1 Å². The fraction of sp³-hybridized carbons (Fsp3) is 0.167. The fourth-order valence-electron chi connectivity index (χ4n) is 13.6. The van der Waals surface area contributed by atoms with Gasteiger partial charge in [-0.1, -0.05) is 95.1 Å². The summed E-state index contributed by atoms with van der Waals surface area (Å²) >= 11 is 0. The summed E-state index contributed by atoms with van der Waals surface area (Å²) in [7, 11) is 0. The summed E-state index contributed by atoms with van der Waals surface area (Å²) in [4.78, 5) is 4.56. The van der Waals surface area contributed by atoms with Gasteiger partial charge in [0.25, 0.3) is 0 Å². The number of fused-ring (bicyclic) bond motifs is 6. The first-order valence-electron chi connectivity index (χ1n) is 26.6. The summed E-state index contributed by atoms with van der Waals surface area (Å²) in [5.74, 6) is 0. The number of rotatable bonds is 7. The molecule has 0 aliphatic heterocycles. The monoisotopic (exact) mass is 982 g/mol. The predicted octanol–water partition coefficient (Wildman–Crippen LogP) is 19.2. The van der Waals surface area contributed by atoms with E-state index in [-0.39, 0.29) is 0 Å².